The number of carbonyl (C=O) groups excluding carboxylic acids is 2. The van der Waals surface area contributed by atoms with Crippen LogP contribution < -0.4 is 9.47 Å². The first-order valence-corrected chi connectivity index (χ1v) is 25.8. The van der Waals surface area contributed by atoms with E-state index in [0.29, 0.717) is 24.3 Å². The third-order valence-electron chi connectivity index (χ3n) is 13.4. The summed E-state index contributed by atoms with van der Waals surface area (Å²) in [6, 6.07) is 30.7. The first-order valence-electron chi connectivity index (χ1n) is 25.8. The molecule has 0 atom stereocenters. The van der Waals surface area contributed by atoms with Gasteiger partial charge in [0.05, 0.1) is 0 Å². The van der Waals surface area contributed by atoms with Gasteiger partial charge in [0.15, 0.2) is 0 Å². The summed E-state index contributed by atoms with van der Waals surface area (Å²) < 4.78 is 13.0. The minimum atomic E-state index is -0.168. The van der Waals surface area contributed by atoms with Gasteiger partial charge in [0, 0.05) is 34.4 Å². The van der Waals surface area contributed by atoms with Crippen molar-refractivity contribution in [3.8, 4) is 22.6 Å². The maximum absolute atomic E-state index is 13.7. The van der Waals surface area contributed by atoms with Gasteiger partial charge in [-0.1, -0.05) is 228 Å². The second-order valence-corrected chi connectivity index (χ2v) is 18.6. The SMILES string of the molecule is CCCCCCCCc1ccc2c(OC(=O)CCCCCCC)c3ccccc3c(-c3c4ccccc4c(OC(=O)CCCCCCC)c4ccc(CCCCCCCC)cc34)c2c1. The minimum Gasteiger partial charge on any atom is -0.425 e. The number of hydrogen-bond acceptors (Lipinski definition) is 4. The Balaban J connectivity index is 1.54. The molecular formula is C60H78O4. The van der Waals surface area contributed by atoms with Gasteiger partial charge in [0.25, 0.3) is 0 Å². The van der Waals surface area contributed by atoms with E-state index in [4.69, 9.17) is 9.47 Å². The number of ether oxygens (including phenoxy) is 2. The normalized spacial score (nSPS) is 11.6. The fourth-order valence-corrected chi connectivity index (χ4v) is 9.74. The number of aryl methyl sites for hydroxylation is 2. The Labute approximate surface area is 385 Å². The Morgan fingerprint density at radius 1 is 0.344 bits per heavy atom. The van der Waals surface area contributed by atoms with Crippen molar-refractivity contribution in [2.45, 2.75) is 195 Å². The third-order valence-corrected chi connectivity index (χ3v) is 13.4. The van der Waals surface area contributed by atoms with Gasteiger partial charge in [0.2, 0.25) is 0 Å². The molecule has 0 amide bonds. The number of hydrogen-bond donors (Lipinski definition) is 0. The highest BCUT2D eigenvalue weighted by Gasteiger charge is 2.25. The van der Waals surface area contributed by atoms with E-state index in [1.165, 1.54) is 101 Å². The number of fused-ring (bicyclic) bond motifs is 4. The quantitative estimate of drug-likeness (QED) is 0.0204. The Morgan fingerprint density at radius 2 is 0.656 bits per heavy atom. The van der Waals surface area contributed by atoms with E-state index in [1.54, 1.807) is 0 Å². The second kappa shape index (κ2) is 26.3. The largest absolute Gasteiger partial charge is 0.425 e. The standard InChI is InChI=1S/C60H78O4/c1-5-9-13-17-21-23-31-45-39-41-51-53(43-45)57(47-33-27-29-35-49(47)59(51)63-55(61)37-25-19-15-11-7-3)58-48-34-28-30-36-50(48)60(64-56(62)38-26-20-16-12-8-4)52-42-40-46(44-54(52)58)32-24-22-18-14-10-6-2/h27-30,33-36,39-44H,5-26,31-32,37-38H2,1-4H3. The van der Waals surface area contributed by atoms with Crippen molar-refractivity contribution in [3.05, 3.63) is 96.1 Å². The lowest BCUT2D eigenvalue weighted by Crippen LogP contribution is -2.09. The Hall–Kier alpha value is -4.70. The number of carbonyl (C=O) groups is 2. The lowest BCUT2D eigenvalue weighted by atomic mass is 9.84. The van der Waals surface area contributed by atoms with Gasteiger partial charge < -0.3 is 9.47 Å². The van der Waals surface area contributed by atoms with Crippen LogP contribution in [0.4, 0.5) is 0 Å². The van der Waals surface area contributed by atoms with Crippen LogP contribution >= 0.6 is 0 Å². The van der Waals surface area contributed by atoms with E-state index in [0.717, 1.165) is 118 Å². The average Bonchev–Trinajstić information content (AvgIpc) is 3.31. The van der Waals surface area contributed by atoms with Crippen LogP contribution in [0.15, 0.2) is 84.9 Å². The maximum Gasteiger partial charge on any atom is 0.311 e. The molecule has 342 valence electrons. The van der Waals surface area contributed by atoms with E-state index in [9.17, 15) is 9.59 Å². The molecule has 6 aromatic rings. The molecule has 0 spiro atoms. The molecule has 0 aliphatic rings. The summed E-state index contributed by atoms with van der Waals surface area (Å²) in [5, 5.41) is 8.09. The van der Waals surface area contributed by atoms with Crippen molar-refractivity contribution in [2.75, 3.05) is 0 Å². The zero-order chi connectivity index (χ0) is 44.9. The number of esters is 2. The molecule has 0 aliphatic carbocycles. The van der Waals surface area contributed by atoms with Crippen molar-refractivity contribution in [1.82, 2.24) is 0 Å². The van der Waals surface area contributed by atoms with Gasteiger partial charge in [-0.05, 0) is 82.3 Å². The smallest absolute Gasteiger partial charge is 0.311 e. The lowest BCUT2D eigenvalue weighted by molar-refractivity contribution is -0.135. The van der Waals surface area contributed by atoms with Crippen molar-refractivity contribution in [3.63, 3.8) is 0 Å². The summed E-state index contributed by atoms with van der Waals surface area (Å²) in [4.78, 5) is 27.4. The van der Waals surface area contributed by atoms with E-state index < -0.39 is 0 Å². The first-order chi connectivity index (χ1) is 31.5. The van der Waals surface area contributed by atoms with Gasteiger partial charge in [0.1, 0.15) is 11.5 Å². The molecule has 0 aromatic heterocycles. The minimum absolute atomic E-state index is 0.168. The predicted octanol–water partition coefficient (Wildman–Crippen LogP) is 18.3. The van der Waals surface area contributed by atoms with Crippen LogP contribution in [0.25, 0.3) is 54.2 Å². The molecule has 6 rings (SSSR count). The zero-order valence-corrected chi connectivity index (χ0v) is 40.1. The fourth-order valence-electron chi connectivity index (χ4n) is 9.74. The molecule has 0 saturated heterocycles. The molecule has 4 heteroatoms. The average molecular weight is 863 g/mol. The molecule has 0 unspecified atom stereocenters. The van der Waals surface area contributed by atoms with Crippen LogP contribution in [0.3, 0.4) is 0 Å². The predicted molar refractivity (Wildman–Crippen MR) is 274 cm³/mol. The molecule has 0 N–H and O–H groups in total. The van der Waals surface area contributed by atoms with Crippen molar-refractivity contribution in [1.29, 1.82) is 0 Å². The lowest BCUT2D eigenvalue weighted by Gasteiger charge is -2.22. The second-order valence-electron chi connectivity index (χ2n) is 18.6. The van der Waals surface area contributed by atoms with Crippen LogP contribution in [0.2, 0.25) is 0 Å². The summed E-state index contributed by atoms with van der Waals surface area (Å²) in [6.07, 6.45) is 28.5. The van der Waals surface area contributed by atoms with E-state index >= 15 is 0 Å². The van der Waals surface area contributed by atoms with Crippen molar-refractivity contribution < 1.29 is 19.1 Å². The van der Waals surface area contributed by atoms with Gasteiger partial charge in [-0.3, -0.25) is 9.59 Å². The molecule has 0 fully saturated rings. The third kappa shape index (κ3) is 13.2. The number of unbranched alkanes of at least 4 members (excludes halogenated alkanes) is 18. The zero-order valence-electron chi connectivity index (χ0n) is 40.1. The highest BCUT2D eigenvalue weighted by Crippen LogP contribution is 2.50. The molecule has 0 bridgehead atoms. The van der Waals surface area contributed by atoms with Crippen molar-refractivity contribution in [2.24, 2.45) is 0 Å². The maximum atomic E-state index is 13.7. The molecule has 64 heavy (non-hydrogen) atoms. The van der Waals surface area contributed by atoms with Gasteiger partial charge in [-0.2, -0.15) is 0 Å². The number of rotatable bonds is 29. The van der Waals surface area contributed by atoms with E-state index in [1.807, 2.05) is 0 Å². The summed E-state index contributed by atoms with van der Waals surface area (Å²) in [5.74, 6) is 0.971. The van der Waals surface area contributed by atoms with Gasteiger partial charge >= 0.3 is 11.9 Å². The van der Waals surface area contributed by atoms with Gasteiger partial charge in [-0.15, -0.1) is 0 Å². The molecule has 0 saturated carbocycles. The molecule has 4 nitrogen and oxygen atoms in total. The number of benzene rings is 6. The Morgan fingerprint density at radius 3 is 1.03 bits per heavy atom. The summed E-state index contributed by atoms with van der Waals surface area (Å²) in [5.41, 5.74) is 4.88. The first kappa shape index (κ1) is 48.7. The van der Waals surface area contributed by atoms with Gasteiger partial charge in [-0.25, -0.2) is 0 Å². The molecule has 6 aromatic carbocycles. The Bertz CT molecular complexity index is 2240. The van der Waals surface area contributed by atoms with Crippen molar-refractivity contribution >= 4 is 55.0 Å². The monoisotopic (exact) mass is 863 g/mol. The van der Waals surface area contributed by atoms with Crippen LogP contribution in [0.5, 0.6) is 11.5 Å². The molecule has 0 aliphatic heterocycles. The van der Waals surface area contributed by atoms with Crippen LogP contribution in [0, 0.1) is 0 Å². The van der Waals surface area contributed by atoms with E-state index in [2.05, 4.69) is 113 Å². The van der Waals surface area contributed by atoms with Crippen LogP contribution in [-0.2, 0) is 22.4 Å². The Kier molecular flexibility index (Phi) is 20.0. The molecule has 0 radical (unpaired) electrons. The van der Waals surface area contributed by atoms with Crippen LogP contribution in [0.1, 0.15) is 193 Å². The highest BCUT2D eigenvalue weighted by atomic mass is 16.5. The summed E-state index contributed by atoms with van der Waals surface area (Å²) >= 11 is 0. The van der Waals surface area contributed by atoms with E-state index in [-0.39, 0.29) is 11.9 Å². The topological polar surface area (TPSA) is 52.6 Å². The summed E-state index contributed by atoms with van der Waals surface area (Å²) in [6.45, 7) is 8.98. The molecule has 0 heterocycles. The highest BCUT2D eigenvalue weighted by molar-refractivity contribution is 6.27. The van der Waals surface area contributed by atoms with Crippen LogP contribution in [-0.4, -0.2) is 11.9 Å². The fraction of sp³-hybridized carbons (Fsp3) is 0.500. The summed E-state index contributed by atoms with van der Waals surface area (Å²) in [7, 11) is 0. The molecular weight excluding hydrogens is 785 g/mol.